The second-order valence-corrected chi connectivity index (χ2v) is 7.30. The van der Waals surface area contributed by atoms with E-state index in [2.05, 4.69) is 15.2 Å². The van der Waals surface area contributed by atoms with Gasteiger partial charge in [-0.25, -0.2) is 8.78 Å². The molecule has 2 aliphatic rings. The summed E-state index contributed by atoms with van der Waals surface area (Å²) < 4.78 is 32.5. The first-order chi connectivity index (χ1) is 12.5. The maximum Gasteiger partial charge on any atom is 0.193 e. The molecule has 1 aromatic rings. The highest BCUT2D eigenvalue weighted by molar-refractivity contribution is 14.0. The van der Waals surface area contributed by atoms with Crippen molar-refractivity contribution in [1.29, 1.82) is 0 Å². The van der Waals surface area contributed by atoms with Crippen LogP contribution in [0.15, 0.2) is 23.2 Å². The molecule has 3 rings (SSSR count). The first-order valence-corrected chi connectivity index (χ1v) is 9.32. The van der Waals surface area contributed by atoms with Crippen LogP contribution in [0.5, 0.6) is 0 Å². The molecule has 152 valence electrons. The number of guanidine groups is 1. The molecule has 0 radical (unpaired) electrons. The predicted molar refractivity (Wildman–Crippen MR) is 115 cm³/mol. The lowest BCUT2D eigenvalue weighted by Crippen LogP contribution is -2.53. The zero-order valence-corrected chi connectivity index (χ0v) is 18.0. The third-order valence-corrected chi connectivity index (χ3v) is 5.72. The van der Waals surface area contributed by atoms with Crippen molar-refractivity contribution in [2.24, 2.45) is 10.7 Å². The van der Waals surface area contributed by atoms with Crippen molar-refractivity contribution in [3.63, 3.8) is 0 Å². The average Bonchev–Trinajstić information content (AvgIpc) is 3.13. The third-order valence-electron chi connectivity index (χ3n) is 5.72. The van der Waals surface area contributed by atoms with E-state index in [1.54, 1.807) is 7.11 Å². The maximum absolute atomic E-state index is 13.7. The number of benzene rings is 1. The van der Waals surface area contributed by atoms with Gasteiger partial charge in [0.1, 0.15) is 11.6 Å². The fourth-order valence-corrected chi connectivity index (χ4v) is 4.18. The minimum absolute atomic E-state index is 0. The van der Waals surface area contributed by atoms with Crippen LogP contribution < -0.4 is 11.1 Å². The summed E-state index contributed by atoms with van der Waals surface area (Å²) in [6.45, 7) is 2.57. The molecule has 1 aliphatic carbocycles. The van der Waals surface area contributed by atoms with E-state index >= 15 is 0 Å². The summed E-state index contributed by atoms with van der Waals surface area (Å²) in [7, 11) is 1.77. The Morgan fingerprint density at radius 1 is 1.30 bits per heavy atom. The van der Waals surface area contributed by atoms with Crippen LogP contribution in [0.2, 0.25) is 0 Å². The average molecular weight is 494 g/mol. The normalized spacial score (nSPS) is 21.1. The largest absolute Gasteiger partial charge is 0.381 e. The summed E-state index contributed by atoms with van der Waals surface area (Å²) in [6, 6.07) is 3.23. The number of aliphatic imine (C=N–C) groups is 1. The Bertz CT molecular complexity index is 645. The van der Waals surface area contributed by atoms with Gasteiger partial charge in [-0.05, 0) is 37.8 Å². The van der Waals surface area contributed by atoms with E-state index in [0.29, 0.717) is 12.6 Å². The molecule has 0 aromatic heterocycles. The number of nitrogens with two attached hydrogens (primary N) is 1. The SMILES string of the molecule is COC1CCN(C2(CN=C(N)Nc3cc(F)ccc3F)CCCC2)CC1.I. The number of likely N-dealkylation sites (tertiary alicyclic amines) is 1. The monoisotopic (exact) mass is 494 g/mol. The van der Waals surface area contributed by atoms with Gasteiger partial charge >= 0.3 is 0 Å². The van der Waals surface area contributed by atoms with Gasteiger partial charge in [0, 0.05) is 31.8 Å². The Hall–Kier alpha value is -1.00. The number of nitrogens with zero attached hydrogens (tertiary/aromatic N) is 2. The summed E-state index contributed by atoms with van der Waals surface area (Å²) in [5.74, 6) is -0.954. The first kappa shape index (κ1) is 22.3. The highest BCUT2D eigenvalue weighted by Gasteiger charge is 2.40. The van der Waals surface area contributed by atoms with Gasteiger partial charge in [0.2, 0.25) is 0 Å². The molecule has 1 aromatic carbocycles. The number of anilines is 1. The smallest absolute Gasteiger partial charge is 0.193 e. The molecule has 0 unspecified atom stereocenters. The van der Waals surface area contributed by atoms with Crippen LogP contribution in [-0.4, -0.2) is 49.2 Å². The molecular formula is C19H29F2IN4O. The van der Waals surface area contributed by atoms with Gasteiger partial charge in [-0.2, -0.15) is 0 Å². The highest BCUT2D eigenvalue weighted by atomic mass is 127. The van der Waals surface area contributed by atoms with Crippen LogP contribution in [0, 0.1) is 11.6 Å². The van der Waals surface area contributed by atoms with E-state index in [1.165, 1.54) is 12.8 Å². The third kappa shape index (κ3) is 5.51. The molecule has 2 fully saturated rings. The summed E-state index contributed by atoms with van der Waals surface area (Å²) >= 11 is 0. The van der Waals surface area contributed by atoms with E-state index in [9.17, 15) is 8.78 Å². The lowest BCUT2D eigenvalue weighted by Gasteiger charge is -2.44. The van der Waals surface area contributed by atoms with Crippen LogP contribution in [0.4, 0.5) is 14.5 Å². The van der Waals surface area contributed by atoms with E-state index in [-0.39, 0.29) is 41.2 Å². The second kappa shape index (κ2) is 9.97. The standard InChI is InChI=1S/C19H28F2N4O.HI/c1-26-15-6-10-25(11-7-15)19(8-2-3-9-19)13-23-18(22)24-17-12-14(20)4-5-16(17)21;/h4-5,12,15H,2-3,6-11,13H2,1H3,(H3,22,23,24);1H. The number of hydrogen-bond donors (Lipinski definition) is 2. The molecule has 5 nitrogen and oxygen atoms in total. The molecule has 1 aliphatic heterocycles. The first-order valence-electron chi connectivity index (χ1n) is 9.32. The van der Waals surface area contributed by atoms with E-state index in [4.69, 9.17) is 10.5 Å². The zero-order valence-electron chi connectivity index (χ0n) is 15.7. The number of hydrogen-bond acceptors (Lipinski definition) is 3. The number of piperidine rings is 1. The van der Waals surface area contributed by atoms with Crippen LogP contribution in [0.1, 0.15) is 38.5 Å². The van der Waals surface area contributed by atoms with Crippen molar-refractivity contribution in [1.82, 2.24) is 4.90 Å². The van der Waals surface area contributed by atoms with Crippen molar-refractivity contribution in [2.75, 3.05) is 32.1 Å². The van der Waals surface area contributed by atoms with Crippen molar-refractivity contribution >= 4 is 35.6 Å². The number of nitrogens with one attached hydrogen (secondary N) is 1. The molecule has 0 atom stereocenters. The molecule has 27 heavy (non-hydrogen) atoms. The molecule has 3 N–H and O–H groups in total. The van der Waals surface area contributed by atoms with Gasteiger partial charge < -0.3 is 15.8 Å². The summed E-state index contributed by atoms with van der Waals surface area (Å²) in [4.78, 5) is 7.00. The van der Waals surface area contributed by atoms with E-state index in [1.807, 2.05) is 0 Å². The highest BCUT2D eigenvalue weighted by Crippen LogP contribution is 2.37. The van der Waals surface area contributed by atoms with Gasteiger partial charge in [0.15, 0.2) is 5.96 Å². The Morgan fingerprint density at radius 2 is 1.96 bits per heavy atom. The number of halogens is 3. The summed E-state index contributed by atoms with van der Waals surface area (Å²) in [6.07, 6.45) is 6.97. The molecule has 1 saturated carbocycles. The zero-order chi connectivity index (χ0) is 18.6. The molecule has 0 bridgehead atoms. The minimum atomic E-state index is -0.554. The van der Waals surface area contributed by atoms with Crippen molar-refractivity contribution in [3.05, 3.63) is 29.8 Å². The number of ether oxygens (including phenoxy) is 1. The van der Waals surface area contributed by atoms with Crippen LogP contribution in [0.3, 0.4) is 0 Å². The molecule has 1 saturated heterocycles. The van der Waals surface area contributed by atoms with E-state index in [0.717, 1.165) is 57.0 Å². The van der Waals surface area contributed by atoms with Crippen LogP contribution in [0.25, 0.3) is 0 Å². The lowest BCUT2D eigenvalue weighted by molar-refractivity contribution is -0.0000294. The Balaban J connectivity index is 0.00000261. The van der Waals surface area contributed by atoms with Gasteiger partial charge in [-0.3, -0.25) is 9.89 Å². The van der Waals surface area contributed by atoms with Gasteiger partial charge in [0.25, 0.3) is 0 Å². The Morgan fingerprint density at radius 3 is 2.59 bits per heavy atom. The topological polar surface area (TPSA) is 62.9 Å². The van der Waals surface area contributed by atoms with Gasteiger partial charge in [-0.15, -0.1) is 24.0 Å². The number of rotatable bonds is 5. The van der Waals surface area contributed by atoms with E-state index < -0.39 is 11.6 Å². The quantitative estimate of drug-likeness (QED) is 0.372. The van der Waals surface area contributed by atoms with Crippen LogP contribution >= 0.6 is 24.0 Å². The fraction of sp³-hybridized carbons (Fsp3) is 0.632. The van der Waals surface area contributed by atoms with Crippen molar-refractivity contribution in [2.45, 2.75) is 50.2 Å². The molecular weight excluding hydrogens is 465 g/mol. The second-order valence-electron chi connectivity index (χ2n) is 7.30. The molecule has 8 heteroatoms. The van der Waals surface area contributed by atoms with Gasteiger partial charge in [-0.1, -0.05) is 12.8 Å². The number of methoxy groups -OCH3 is 1. The predicted octanol–water partition coefficient (Wildman–Crippen LogP) is 3.73. The van der Waals surface area contributed by atoms with Gasteiger partial charge in [0.05, 0.1) is 18.3 Å². The van der Waals surface area contributed by atoms with Crippen molar-refractivity contribution < 1.29 is 13.5 Å². The summed E-state index contributed by atoms with van der Waals surface area (Å²) in [5.41, 5.74) is 5.97. The van der Waals surface area contributed by atoms with Crippen LogP contribution in [-0.2, 0) is 4.74 Å². The molecule has 1 heterocycles. The van der Waals surface area contributed by atoms with Crippen molar-refractivity contribution in [3.8, 4) is 0 Å². The molecule has 0 spiro atoms. The molecule has 0 amide bonds. The minimum Gasteiger partial charge on any atom is -0.381 e. The maximum atomic E-state index is 13.7. The Labute approximate surface area is 176 Å². The summed E-state index contributed by atoms with van der Waals surface area (Å²) in [5, 5.41) is 2.69. The fourth-order valence-electron chi connectivity index (χ4n) is 4.18. The Kier molecular flexibility index (Phi) is 8.23. The lowest BCUT2D eigenvalue weighted by atomic mass is 9.91.